The molecule has 2 fully saturated rings. The van der Waals surface area contributed by atoms with Gasteiger partial charge in [-0.1, -0.05) is 27.7 Å². The fourth-order valence-electron chi connectivity index (χ4n) is 6.97. The Bertz CT molecular complexity index is 917. The Morgan fingerprint density at radius 2 is 1.89 bits per heavy atom. The third kappa shape index (κ3) is 1.97. The van der Waals surface area contributed by atoms with E-state index in [4.69, 9.17) is 4.74 Å². The van der Waals surface area contributed by atoms with Gasteiger partial charge in [0.15, 0.2) is 0 Å². The number of ether oxygens (including phenoxy) is 1. The van der Waals surface area contributed by atoms with Crippen molar-refractivity contribution in [2.75, 3.05) is 0 Å². The summed E-state index contributed by atoms with van der Waals surface area (Å²) in [6.07, 6.45) is 4.53. The highest BCUT2D eigenvalue weighted by Crippen LogP contribution is 2.65. The lowest BCUT2D eigenvalue weighted by atomic mass is 9.44. The van der Waals surface area contributed by atoms with Gasteiger partial charge in [0.25, 0.3) is 5.91 Å². The summed E-state index contributed by atoms with van der Waals surface area (Å²) >= 11 is 0. The minimum atomic E-state index is -0.363. The first-order chi connectivity index (χ1) is 13.1. The first-order valence-electron chi connectivity index (χ1n) is 10.8. The van der Waals surface area contributed by atoms with Gasteiger partial charge in [-0.05, 0) is 55.7 Å². The number of rotatable bonds is 0. The van der Waals surface area contributed by atoms with Crippen LogP contribution in [0.1, 0.15) is 80.4 Å². The zero-order chi connectivity index (χ0) is 20.1. The van der Waals surface area contributed by atoms with Gasteiger partial charge in [0.1, 0.15) is 17.1 Å². The molecular formula is C24H31NO3. The van der Waals surface area contributed by atoms with Crippen molar-refractivity contribution in [3.8, 4) is 5.75 Å². The van der Waals surface area contributed by atoms with Crippen LogP contribution in [0.2, 0.25) is 0 Å². The van der Waals surface area contributed by atoms with Crippen LogP contribution in [-0.2, 0) is 17.8 Å². The lowest BCUT2D eigenvalue weighted by molar-refractivity contribution is -0.208. The van der Waals surface area contributed by atoms with E-state index < -0.39 is 0 Å². The number of carbonyl (C=O) groups is 2. The minimum absolute atomic E-state index is 0.00282. The zero-order valence-electron chi connectivity index (χ0n) is 17.7. The summed E-state index contributed by atoms with van der Waals surface area (Å²) in [5.74, 6) is 2.07. The van der Waals surface area contributed by atoms with Crippen LogP contribution in [0.3, 0.4) is 0 Å². The lowest BCUT2D eigenvalue weighted by Crippen LogP contribution is -2.69. The van der Waals surface area contributed by atoms with E-state index in [2.05, 4.69) is 39.9 Å². The Morgan fingerprint density at radius 3 is 2.64 bits per heavy atom. The van der Waals surface area contributed by atoms with E-state index in [1.165, 1.54) is 5.56 Å². The summed E-state index contributed by atoms with van der Waals surface area (Å²) in [6, 6.07) is 2.04. The number of nitrogens with one attached hydrogen (secondary N) is 1. The van der Waals surface area contributed by atoms with Crippen LogP contribution in [0.5, 0.6) is 5.75 Å². The highest BCUT2D eigenvalue weighted by molar-refractivity contribution is 5.99. The third-order valence-corrected chi connectivity index (χ3v) is 9.03. The maximum atomic E-state index is 12.8. The van der Waals surface area contributed by atoms with Crippen LogP contribution in [0.15, 0.2) is 6.07 Å². The number of Topliss-reactive ketones (excluding diaryl/α,β-unsaturated/α-hetero) is 1. The molecule has 4 heteroatoms. The predicted octanol–water partition coefficient (Wildman–Crippen LogP) is 4.35. The molecule has 2 unspecified atom stereocenters. The summed E-state index contributed by atoms with van der Waals surface area (Å²) in [7, 11) is 0. The van der Waals surface area contributed by atoms with Crippen molar-refractivity contribution in [2.45, 2.75) is 78.9 Å². The van der Waals surface area contributed by atoms with Crippen molar-refractivity contribution < 1.29 is 14.3 Å². The van der Waals surface area contributed by atoms with Crippen molar-refractivity contribution in [2.24, 2.45) is 22.7 Å². The first kappa shape index (κ1) is 18.2. The van der Waals surface area contributed by atoms with Gasteiger partial charge in [0.05, 0.1) is 0 Å². The Morgan fingerprint density at radius 1 is 1.14 bits per heavy atom. The first-order valence-corrected chi connectivity index (χ1v) is 10.8. The Balaban J connectivity index is 1.74. The molecule has 1 amide bonds. The number of hydrogen-bond acceptors (Lipinski definition) is 3. The number of amides is 1. The topological polar surface area (TPSA) is 55.4 Å². The SMILES string of the molecule is Cc1cc2c(c3c1C[C@]1(C)[C@@H](C)CCC4C(C)(C)C(=O)CCC41O3)CNC2=O. The van der Waals surface area contributed by atoms with Crippen LogP contribution in [0, 0.1) is 29.6 Å². The van der Waals surface area contributed by atoms with Crippen molar-refractivity contribution in [3.63, 3.8) is 0 Å². The Hall–Kier alpha value is -1.84. The van der Waals surface area contributed by atoms with E-state index in [-0.39, 0.29) is 28.3 Å². The number of benzene rings is 1. The molecule has 5 rings (SSSR count). The van der Waals surface area contributed by atoms with Gasteiger partial charge in [-0.15, -0.1) is 0 Å². The number of ketones is 1. The number of hydrogen-bond donors (Lipinski definition) is 1. The van der Waals surface area contributed by atoms with Gasteiger partial charge in [0.2, 0.25) is 0 Å². The average Bonchev–Trinajstić information content (AvgIpc) is 3.00. The van der Waals surface area contributed by atoms with E-state index in [1.54, 1.807) is 0 Å². The number of carbonyl (C=O) groups excluding carboxylic acids is 2. The van der Waals surface area contributed by atoms with Crippen molar-refractivity contribution in [3.05, 3.63) is 28.3 Å². The fraction of sp³-hybridized carbons (Fsp3) is 0.667. The Labute approximate surface area is 167 Å². The highest BCUT2D eigenvalue weighted by atomic mass is 16.5. The van der Waals surface area contributed by atoms with E-state index in [0.717, 1.165) is 48.1 Å². The molecule has 4 atom stereocenters. The molecule has 4 nitrogen and oxygen atoms in total. The van der Waals surface area contributed by atoms with Gasteiger partial charge in [-0.3, -0.25) is 9.59 Å². The van der Waals surface area contributed by atoms with Gasteiger partial charge < -0.3 is 10.1 Å². The molecule has 1 aromatic rings. The molecular weight excluding hydrogens is 350 g/mol. The smallest absolute Gasteiger partial charge is 0.252 e. The standard InChI is InChI=1S/C24H31NO3/c1-13-10-15-17(12-25-21(15)27)20-16(13)11-23(5)14(2)6-7-18-22(3,4)19(26)8-9-24(18,23)28-20/h10,14,18H,6-9,11-12H2,1-5H3,(H,25,27)/t14-,18?,23+,24?/m0/s1. The molecule has 28 heavy (non-hydrogen) atoms. The maximum absolute atomic E-state index is 12.8. The molecule has 2 aliphatic heterocycles. The van der Waals surface area contributed by atoms with Crippen LogP contribution < -0.4 is 10.1 Å². The van der Waals surface area contributed by atoms with E-state index in [9.17, 15) is 9.59 Å². The molecule has 2 heterocycles. The summed E-state index contributed by atoms with van der Waals surface area (Å²) in [5.41, 5.74) is 3.51. The fourth-order valence-corrected chi connectivity index (χ4v) is 6.97. The van der Waals surface area contributed by atoms with Gasteiger partial charge >= 0.3 is 0 Å². The molecule has 1 spiro atoms. The zero-order valence-corrected chi connectivity index (χ0v) is 17.7. The van der Waals surface area contributed by atoms with Crippen LogP contribution >= 0.6 is 0 Å². The minimum Gasteiger partial charge on any atom is -0.486 e. The van der Waals surface area contributed by atoms with E-state index in [0.29, 0.717) is 24.7 Å². The molecule has 1 N–H and O–H groups in total. The summed E-state index contributed by atoms with van der Waals surface area (Å²) < 4.78 is 7.11. The number of aryl methyl sites for hydroxylation is 1. The molecule has 0 saturated heterocycles. The monoisotopic (exact) mass is 381 g/mol. The van der Waals surface area contributed by atoms with Gasteiger partial charge in [-0.2, -0.15) is 0 Å². The summed E-state index contributed by atoms with van der Waals surface area (Å²) in [5, 5.41) is 2.97. The largest absolute Gasteiger partial charge is 0.486 e. The lowest BCUT2D eigenvalue weighted by Gasteiger charge is -2.65. The molecule has 2 saturated carbocycles. The van der Waals surface area contributed by atoms with Gasteiger partial charge in [-0.25, -0.2) is 0 Å². The van der Waals surface area contributed by atoms with E-state index in [1.807, 2.05) is 6.07 Å². The molecule has 1 aromatic carbocycles. The molecule has 2 aliphatic carbocycles. The predicted molar refractivity (Wildman–Crippen MR) is 107 cm³/mol. The molecule has 0 aromatic heterocycles. The molecule has 150 valence electrons. The van der Waals surface area contributed by atoms with Crippen molar-refractivity contribution >= 4 is 11.7 Å². The second-order valence-corrected chi connectivity index (χ2v) is 10.5. The van der Waals surface area contributed by atoms with Crippen molar-refractivity contribution in [1.82, 2.24) is 5.32 Å². The summed E-state index contributed by atoms with van der Waals surface area (Å²) in [4.78, 5) is 25.2. The summed E-state index contributed by atoms with van der Waals surface area (Å²) in [6.45, 7) is 11.7. The quantitative estimate of drug-likeness (QED) is 0.727. The van der Waals surface area contributed by atoms with Crippen LogP contribution in [0.4, 0.5) is 0 Å². The van der Waals surface area contributed by atoms with E-state index >= 15 is 0 Å². The Kier molecular flexibility index (Phi) is 3.51. The van der Waals surface area contributed by atoms with Gasteiger partial charge in [0, 0.05) is 40.8 Å². The molecule has 4 aliphatic rings. The number of fused-ring (bicyclic) bond motifs is 3. The highest BCUT2D eigenvalue weighted by Gasteiger charge is 2.67. The molecule has 0 bridgehead atoms. The molecule has 0 radical (unpaired) electrons. The van der Waals surface area contributed by atoms with Crippen molar-refractivity contribution in [1.29, 1.82) is 0 Å². The second-order valence-electron chi connectivity index (χ2n) is 10.5. The third-order valence-electron chi connectivity index (χ3n) is 9.03. The van der Waals surface area contributed by atoms with Crippen LogP contribution in [0.25, 0.3) is 0 Å². The maximum Gasteiger partial charge on any atom is 0.252 e. The second kappa shape index (κ2) is 5.40. The van der Waals surface area contributed by atoms with Crippen LogP contribution in [-0.4, -0.2) is 17.3 Å². The normalized spacial score (nSPS) is 37.9. The average molecular weight is 382 g/mol.